The van der Waals surface area contributed by atoms with Crippen LogP contribution in [-0.2, 0) is 0 Å². The SMILES string of the molecule is CCN(CC)c1nc(-c2ccc([N+](=O)[O-])cc2)nc2sc(C#N)c(C)c12. The minimum atomic E-state index is -0.434. The van der Waals surface area contributed by atoms with Crippen LogP contribution < -0.4 is 4.90 Å². The molecule has 132 valence electrons. The van der Waals surface area contributed by atoms with Crippen LogP contribution in [-0.4, -0.2) is 28.0 Å². The summed E-state index contributed by atoms with van der Waals surface area (Å²) >= 11 is 1.35. The van der Waals surface area contributed by atoms with Gasteiger partial charge in [-0.1, -0.05) is 0 Å². The summed E-state index contributed by atoms with van der Waals surface area (Å²) in [5, 5.41) is 21.1. The summed E-state index contributed by atoms with van der Waals surface area (Å²) in [6, 6.07) is 8.41. The van der Waals surface area contributed by atoms with Crippen molar-refractivity contribution >= 4 is 33.1 Å². The Balaban J connectivity index is 2.24. The van der Waals surface area contributed by atoms with Crippen LogP contribution in [0.25, 0.3) is 21.6 Å². The highest BCUT2D eigenvalue weighted by Crippen LogP contribution is 2.36. The summed E-state index contributed by atoms with van der Waals surface area (Å²) in [7, 11) is 0. The number of nitrogens with zero attached hydrogens (tertiary/aromatic N) is 5. The molecule has 0 saturated heterocycles. The van der Waals surface area contributed by atoms with Crippen LogP contribution in [0.5, 0.6) is 0 Å². The van der Waals surface area contributed by atoms with Crippen LogP contribution in [0.1, 0.15) is 24.3 Å². The second kappa shape index (κ2) is 7.06. The molecule has 0 radical (unpaired) electrons. The zero-order valence-corrected chi connectivity index (χ0v) is 15.5. The molecular formula is C18H17N5O2S. The monoisotopic (exact) mass is 367 g/mol. The van der Waals surface area contributed by atoms with Crippen molar-refractivity contribution in [2.24, 2.45) is 0 Å². The Kier molecular flexibility index (Phi) is 4.82. The molecule has 0 amide bonds. The van der Waals surface area contributed by atoms with E-state index in [0.717, 1.165) is 34.7 Å². The molecule has 0 saturated carbocycles. The molecule has 0 spiro atoms. The Morgan fingerprint density at radius 2 is 1.88 bits per heavy atom. The molecule has 0 N–H and O–H groups in total. The molecule has 3 aromatic rings. The number of benzene rings is 1. The number of nitriles is 1. The van der Waals surface area contributed by atoms with Crippen molar-refractivity contribution < 1.29 is 4.92 Å². The lowest BCUT2D eigenvalue weighted by molar-refractivity contribution is -0.384. The summed E-state index contributed by atoms with van der Waals surface area (Å²) in [4.78, 5) is 23.3. The fourth-order valence-electron chi connectivity index (χ4n) is 2.84. The number of thiophene rings is 1. The van der Waals surface area contributed by atoms with Crippen molar-refractivity contribution in [2.75, 3.05) is 18.0 Å². The predicted molar refractivity (Wildman–Crippen MR) is 103 cm³/mol. The molecule has 8 heteroatoms. The van der Waals surface area contributed by atoms with E-state index < -0.39 is 4.92 Å². The molecule has 0 aliphatic carbocycles. The van der Waals surface area contributed by atoms with Gasteiger partial charge in [0, 0.05) is 30.8 Å². The Hall–Kier alpha value is -3.05. The van der Waals surface area contributed by atoms with Crippen LogP contribution in [0.2, 0.25) is 0 Å². The van der Waals surface area contributed by atoms with Crippen molar-refractivity contribution in [1.29, 1.82) is 5.26 Å². The smallest absolute Gasteiger partial charge is 0.269 e. The third kappa shape index (κ3) is 2.97. The van der Waals surface area contributed by atoms with E-state index in [1.54, 1.807) is 12.1 Å². The molecule has 2 heterocycles. The van der Waals surface area contributed by atoms with Gasteiger partial charge < -0.3 is 4.90 Å². The molecule has 3 rings (SSSR count). The van der Waals surface area contributed by atoms with Gasteiger partial charge in [-0.3, -0.25) is 10.1 Å². The van der Waals surface area contributed by atoms with E-state index in [1.165, 1.54) is 23.5 Å². The fraction of sp³-hybridized carbons (Fsp3) is 0.278. The first-order valence-electron chi connectivity index (χ1n) is 8.21. The first-order valence-corrected chi connectivity index (χ1v) is 9.02. The Morgan fingerprint density at radius 1 is 1.23 bits per heavy atom. The Labute approximate surface area is 154 Å². The maximum Gasteiger partial charge on any atom is 0.269 e. The van der Waals surface area contributed by atoms with Crippen molar-refractivity contribution in [3.63, 3.8) is 0 Å². The number of non-ortho nitro benzene ring substituents is 1. The van der Waals surface area contributed by atoms with Gasteiger partial charge in [0.2, 0.25) is 0 Å². The van der Waals surface area contributed by atoms with Crippen molar-refractivity contribution in [1.82, 2.24) is 9.97 Å². The Morgan fingerprint density at radius 3 is 2.42 bits per heavy atom. The lowest BCUT2D eigenvalue weighted by Crippen LogP contribution is -2.23. The molecule has 0 fully saturated rings. The molecule has 7 nitrogen and oxygen atoms in total. The van der Waals surface area contributed by atoms with E-state index >= 15 is 0 Å². The van der Waals surface area contributed by atoms with Gasteiger partial charge in [0.15, 0.2) is 5.82 Å². The zero-order chi connectivity index (χ0) is 18.8. The van der Waals surface area contributed by atoms with Gasteiger partial charge >= 0.3 is 0 Å². The van der Waals surface area contributed by atoms with Gasteiger partial charge in [-0.15, -0.1) is 11.3 Å². The highest BCUT2D eigenvalue weighted by atomic mass is 32.1. The summed E-state index contributed by atoms with van der Waals surface area (Å²) in [6.45, 7) is 7.57. The minimum Gasteiger partial charge on any atom is -0.357 e. The second-order valence-electron chi connectivity index (χ2n) is 5.70. The van der Waals surface area contributed by atoms with Crippen molar-refractivity contribution in [2.45, 2.75) is 20.8 Å². The van der Waals surface area contributed by atoms with Gasteiger partial charge in [-0.25, -0.2) is 9.97 Å². The number of fused-ring (bicyclic) bond motifs is 1. The van der Waals surface area contributed by atoms with E-state index in [9.17, 15) is 15.4 Å². The van der Waals surface area contributed by atoms with E-state index in [1.807, 2.05) is 6.92 Å². The number of hydrogen-bond acceptors (Lipinski definition) is 7. The lowest BCUT2D eigenvalue weighted by atomic mass is 10.1. The summed E-state index contributed by atoms with van der Waals surface area (Å²) in [6.07, 6.45) is 0. The number of nitro benzene ring substituents is 1. The van der Waals surface area contributed by atoms with Crippen molar-refractivity contribution in [3.8, 4) is 17.5 Å². The van der Waals surface area contributed by atoms with Crippen LogP contribution in [0.4, 0.5) is 11.5 Å². The van der Waals surface area contributed by atoms with E-state index in [0.29, 0.717) is 16.3 Å². The molecular weight excluding hydrogens is 350 g/mol. The largest absolute Gasteiger partial charge is 0.357 e. The number of nitro groups is 1. The molecule has 0 atom stereocenters. The number of aromatic nitrogens is 2. The lowest BCUT2D eigenvalue weighted by Gasteiger charge is -2.21. The Bertz CT molecular complexity index is 1020. The molecule has 0 bridgehead atoms. The number of rotatable bonds is 5. The fourth-order valence-corrected chi connectivity index (χ4v) is 3.81. The second-order valence-corrected chi connectivity index (χ2v) is 6.69. The van der Waals surface area contributed by atoms with E-state index in [-0.39, 0.29) is 5.69 Å². The molecule has 0 aliphatic rings. The highest BCUT2D eigenvalue weighted by Gasteiger charge is 2.20. The quantitative estimate of drug-likeness (QED) is 0.493. The van der Waals surface area contributed by atoms with Crippen LogP contribution >= 0.6 is 11.3 Å². The first-order chi connectivity index (χ1) is 12.5. The van der Waals surface area contributed by atoms with Crippen LogP contribution in [0, 0.1) is 28.4 Å². The zero-order valence-electron chi connectivity index (χ0n) is 14.7. The summed E-state index contributed by atoms with van der Waals surface area (Å²) < 4.78 is 0. The minimum absolute atomic E-state index is 0.0255. The average Bonchev–Trinajstić information content (AvgIpc) is 2.98. The van der Waals surface area contributed by atoms with Crippen LogP contribution in [0.3, 0.4) is 0 Å². The number of aryl methyl sites for hydroxylation is 1. The molecule has 0 unspecified atom stereocenters. The van der Waals surface area contributed by atoms with Gasteiger partial charge in [0.05, 0.1) is 10.3 Å². The van der Waals surface area contributed by atoms with E-state index in [2.05, 4.69) is 29.8 Å². The predicted octanol–water partition coefficient (Wildman–Crippen LogP) is 4.29. The topological polar surface area (TPSA) is 95.9 Å². The number of anilines is 1. The van der Waals surface area contributed by atoms with Gasteiger partial charge in [-0.2, -0.15) is 5.26 Å². The van der Waals surface area contributed by atoms with Gasteiger partial charge in [0.1, 0.15) is 21.6 Å². The average molecular weight is 367 g/mol. The standard InChI is InChI=1S/C18H17N5O2S/c1-4-22(5-2)17-15-11(3)14(10-19)26-18(15)21-16(20-17)12-6-8-13(9-7-12)23(24)25/h6-9H,4-5H2,1-3H3. The van der Waals surface area contributed by atoms with Gasteiger partial charge in [0.25, 0.3) is 5.69 Å². The normalized spacial score (nSPS) is 10.7. The molecule has 0 aliphatic heterocycles. The summed E-state index contributed by atoms with van der Waals surface area (Å²) in [5.74, 6) is 1.30. The van der Waals surface area contributed by atoms with Crippen molar-refractivity contribution in [3.05, 3.63) is 44.8 Å². The maximum atomic E-state index is 10.9. The third-order valence-electron chi connectivity index (χ3n) is 4.27. The maximum absolute atomic E-state index is 10.9. The van der Waals surface area contributed by atoms with E-state index in [4.69, 9.17) is 4.98 Å². The first kappa shape index (κ1) is 17.8. The van der Waals surface area contributed by atoms with Gasteiger partial charge in [-0.05, 0) is 38.5 Å². The number of hydrogen-bond donors (Lipinski definition) is 0. The molecule has 1 aromatic carbocycles. The third-order valence-corrected chi connectivity index (χ3v) is 5.36. The van der Waals surface area contributed by atoms with Crippen LogP contribution in [0.15, 0.2) is 24.3 Å². The highest BCUT2D eigenvalue weighted by molar-refractivity contribution is 7.19. The summed E-state index contributed by atoms with van der Waals surface area (Å²) in [5.41, 5.74) is 1.62. The molecule has 26 heavy (non-hydrogen) atoms. The molecule has 2 aromatic heterocycles.